The average molecular weight is 300 g/mol. The zero-order chi connectivity index (χ0) is 16.4. The lowest BCUT2D eigenvalue weighted by Gasteiger charge is -2.15. The van der Waals surface area contributed by atoms with E-state index in [9.17, 15) is 10.2 Å². The maximum Gasteiger partial charge on any atom is 0.140 e. The van der Waals surface area contributed by atoms with Gasteiger partial charge in [-0.05, 0) is 31.4 Å². The predicted octanol–water partition coefficient (Wildman–Crippen LogP) is 3.18. The second-order valence-electron chi connectivity index (χ2n) is 5.03. The topological polar surface area (TPSA) is 49.7 Å². The van der Waals surface area contributed by atoms with E-state index in [1.165, 1.54) is 0 Å². The molecular weight excluding hydrogens is 276 g/mol. The number of rotatable bonds is 8. The molecule has 0 spiro atoms. The zero-order valence-corrected chi connectivity index (χ0v) is 13.1. The van der Waals surface area contributed by atoms with Crippen LogP contribution >= 0.6 is 0 Å². The van der Waals surface area contributed by atoms with Gasteiger partial charge in [0.25, 0.3) is 0 Å². The van der Waals surface area contributed by atoms with Crippen molar-refractivity contribution in [3.05, 3.63) is 54.6 Å². The van der Waals surface area contributed by atoms with Gasteiger partial charge in [0.15, 0.2) is 0 Å². The van der Waals surface area contributed by atoms with Gasteiger partial charge in [-0.15, -0.1) is 12.5 Å². The molecule has 0 unspecified atom stereocenters. The summed E-state index contributed by atoms with van der Waals surface area (Å²) in [5.41, 5.74) is 1.61. The first kappa shape index (κ1) is 18.0. The molecule has 0 aliphatic heterocycles. The van der Waals surface area contributed by atoms with Crippen LogP contribution < -0.4 is 4.74 Å². The SMILES string of the molecule is C=CCOc1cccc([C@@H](O)C#CCC[C@H](C)O)c1CC=C. The van der Waals surface area contributed by atoms with Gasteiger partial charge >= 0.3 is 0 Å². The third kappa shape index (κ3) is 5.77. The zero-order valence-electron chi connectivity index (χ0n) is 13.1. The van der Waals surface area contributed by atoms with Crippen LogP contribution in [-0.4, -0.2) is 22.9 Å². The molecule has 118 valence electrons. The van der Waals surface area contributed by atoms with Crippen LogP contribution in [0.25, 0.3) is 0 Å². The van der Waals surface area contributed by atoms with Crippen LogP contribution in [0.5, 0.6) is 5.75 Å². The normalized spacial score (nSPS) is 12.7. The molecule has 3 heteroatoms. The summed E-state index contributed by atoms with van der Waals surface area (Å²) in [4.78, 5) is 0. The fourth-order valence-corrected chi connectivity index (χ4v) is 2.01. The Kier molecular flexibility index (Phi) is 8.06. The molecule has 0 aromatic heterocycles. The number of benzene rings is 1. The Morgan fingerprint density at radius 2 is 2.05 bits per heavy atom. The van der Waals surface area contributed by atoms with Crippen LogP contribution in [0.2, 0.25) is 0 Å². The highest BCUT2D eigenvalue weighted by Crippen LogP contribution is 2.28. The Bertz CT molecular complexity index is 550. The third-order valence-corrected chi connectivity index (χ3v) is 3.09. The lowest BCUT2D eigenvalue weighted by molar-refractivity contribution is 0.186. The largest absolute Gasteiger partial charge is 0.489 e. The Hall–Kier alpha value is -2.02. The first-order valence-electron chi connectivity index (χ1n) is 7.41. The first-order valence-corrected chi connectivity index (χ1v) is 7.41. The third-order valence-electron chi connectivity index (χ3n) is 3.09. The van der Waals surface area contributed by atoms with Gasteiger partial charge < -0.3 is 14.9 Å². The molecule has 0 heterocycles. The maximum atomic E-state index is 10.3. The molecule has 0 amide bonds. The van der Waals surface area contributed by atoms with Crippen LogP contribution in [0.4, 0.5) is 0 Å². The molecule has 1 rings (SSSR count). The molecule has 1 aromatic rings. The number of aliphatic hydroxyl groups excluding tert-OH is 2. The molecule has 0 aliphatic carbocycles. The molecule has 22 heavy (non-hydrogen) atoms. The predicted molar refractivity (Wildman–Crippen MR) is 89.7 cm³/mol. The minimum absolute atomic E-state index is 0.376. The highest BCUT2D eigenvalue weighted by Gasteiger charge is 2.13. The van der Waals surface area contributed by atoms with Crippen molar-refractivity contribution in [2.45, 2.75) is 38.4 Å². The Balaban J connectivity index is 2.95. The minimum Gasteiger partial charge on any atom is -0.489 e. The molecule has 0 saturated heterocycles. The molecule has 0 bridgehead atoms. The standard InChI is InChI=1S/C19H24O3/c1-4-9-17-16(11-8-13-19(17)22-14-5-2)18(21)12-7-6-10-15(3)20/h4-5,8,11,13,15,18,20-21H,1-2,6,9-10,14H2,3H3/t15-,18-/m0/s1. The molecule has 2 N–H and O–H groups in total. The minimum atomic E-state index is -0.878. The molecule has 3 nitrogen and oxygen atoms in total. The summed E-state index contributed by atoms with van der Waals surface area (Å²) in [6.45, 7) is 9.52. The van der Waals surface area contributed by atoms with E-state index in [0.29, 0.717) is 31.6 Å². The van der Waals surface area contributed by atoms with Crippen LogP contribution in [0, 0.1) is 11.8 Å². The quantitative estimate of drug-likeness (QED) is 0.572. The molecule has 1 aromatic carbocycles. The smallest absolute Gasteiger partial charge is 0.140 e. The molecule has 0 aliphatic rings. The average Bonchev–Trinajstić information content (AvgIpc) is 2.50. The monoisotopic (exact) mass is 300 g/mol. The summed E-state index contributed by atoms with van der Waals surface area (Å²) >= 11 is 0. The van der Waals surface area contributed by atoms with Gasteiger partial charge in [0.05, 0.1) is 6.10 Å². The van der Waals surface area contributed by atoms with Gasteiger partial charge in [-0.3, -0.25) is 0 Å². The van der Waals surface area contributed by atoms with Gasteiger partial charge in [-0.2, -0.15) is 0 Å². The number of allylic oxidation sites excluding steroid dienone is 1. The van der Waals surface area contributed by atoms with Crippen LogP contribution in [0.3, 0.4) is 0 Å². The van der Waals surface area contributed by atoms with Gasteiger partial charge in [0, 0.05) is 12.0 Å². The van der Waals surface area contributed by atoms with Crippen molar-refractivity contribution in [2.75, 3.05) is 6.61 Å². The summed E-state index contributed by atoms with van der Waals surface area (Å²) in [5.74, 6) is 6.44. The summed E-state index contributed by atoms with van der Waals surface area (Å²) in [6.07, 6.45) is 3.94. The molecule has 0 saturated carbocycles. The Morgan fingerprint density at radius 3 is 2.68 bits per heavy atom. The number of hydrogen-bond donors (Lipinski definition) is 2. The van der Waals surface area contributed by atoms with E-state index in [0.717, 1.165) is 11.1 Å². The molecular formula is C19H24O3. The van der Waals surface area contributed by atoms with E-state index in [1.54, 1.807) is 19.1 Å². The van der Waals surface area contributed by atoms with E-state index in [4.69, 9.17) is 4.74 Å². The van der Waals surface area contributed by atoms with Crippen LogP contribution in [0.15, 0.2) is 43.5 Å². The highest BCUT2D eigenvalue weighted by atomic mass is 16.5. The number of ether oxygens (including phenoxy) is 1. The summed E-state index contributed by atoms with van der Waals surface area (Å²) in [7, 11) is 0. The highest BCUT2D eigenvalue weighted by molar-refractivity contribution is 5.44. The van der Waals surface area contributed by atoms with Crippen molar-refractivity contribution in [1.29, 1.82) is 0 Å². The van der Waals surface area contributed by atoms with Crippen molar-refractivity contribution in [2.24, 2.45) is 0 Å². The van der Waals surface area contributed by atoms with Crippen molar-refractivity contribution < 1.29 is 14.9 Å². The second-order valence-corrected chi connectivity index (χ2v) is 5.03. The lowest BCUT2D eigenvalue weighted by Crippen LogP contribution is -2.04. The molecule has 2 atom stereocenters. The maximum absolute atomic E-state index is 10.3. The van der Waals surface area contributed by atoms with Crippen molar-refractivity contribution in [3.8, 4) is 17.6 Å². The van der Waals surface area contributed by atoms with E-state index in [2.05, 4.69) is 25.0 Å². The van der Waals surface area contributed by atoms with E-state index < -0.39 is 6.10 Å². The van der Waals surface area contributed by atoms with Crippen molar-refractivity contribution in [3.63, 3.8) is 0 Å². The summed E-state index contributed by atoms with van der Waals surface area (Å²) in [5, 5.41) is 19.5. The summed E-state index contributed by atoms with van der Waals surface area (Å²) in [6, 6.07) is 5.54. The second kappa shape index (κ2) is 9.83. The van der Waals surface area contributed by atoms with Gasteiger partial charge in [-0.25, -0.2) is 0 Å². The lowest BCUT2D eigenvalue weighted by atomic mass is 9.98. The van der Waals surface area contributed by atoms with E-state index in [-0.39, 0.29) is 6.10 Å². The molecule has 0 radical (unpaired) electrons. The number of hydrogen-bond acceptors (Lipinski definition) is 3. The molecule has 0 fully saturated rings. The van der Waals surface area contributed by atoms with Crippen molar-refractivity contribution in [1.82, 2.24) is 0 Å². The number of aliphatic hydroxyl groups is 2. The fourth-order valence-electron chi connectivity index (χ4n) is 2.01. The van der Waals surface area contributed by atoms with Gasteiger partial charge in [0.1, 0.15) is 18.5 Å². The van der Waals surface area contributed by atoms with Crippen LogP contribution in [-0.2, 0) is 6.42 Å². The van der Waals surface area contributed by atoms with E-state index in [1.807, 2.05) is 18.2 Å². The summed E-state index contributed by atoms with van der Waals surface area (Å²) < 4.78 is 5.63. The van der Waals surface area contributed by atoms with Gasteiger partial charge in [0.2, 0.25) is 0 Å². The van der Waals surface area contributed by atoms with Crippen molar-refractivity contribution >= 4 is 0 Å². The Labute approximate surface area is 132 Å². The van der Waals surface area contributed by atoms with Gasteiger partial charge in [-0.1, -0.05) is 36.8 Å². The Morgan fingerprint density at radius 1 is 1.27 bits per heavy atom. The van der Waals surface area contributed by atoms with E-state index >= 15 is 0 Å². The first-order chi connectivity index (χ1) is 10.6. The van der Waals surface area contributed by atoms with Crippen LogP contribution in [0.1, 0.15) is 37.0 Å². The fraction of sp³-hybridized carbons (Fsp3) is 0.368.